The predicted octanol–water partition coefficient (Wildman–Crippen LogP) is 3.39. The first-order valence-corrected chi connectivity index (χ1v) is 10.1. The Bertz CT molecular complexity index is 855. The van der Waals surface area contributed by atoms with Crippen LogP contribution in [0.1, 0.15) is 35.7 Å². The molecule has 0 aliphatic rings. The minimum atomic E-state index is -3.73. The highest BCUT2D eigenvalue weighted by molar-refractivity contribution is 7.91. The van der Waals surface area contributed by atoms with Gasteiger partial charge in [-0.15, -0.1) is 0 Å². The number of benzene rings is 2. The fourth-order valence-electron chi connectivity index (χ4n) is 2.73. The van der Waals surface area contributed by atoms with E-state index in [4.69, 9.17) is 0 Å². The van der Waals surface area contributed by atoms with Crippen LogP contribution >= 0.6 is 0 Å². The summed E-state index contributed by atoms with van der Waals surface area (Å²) in [5.41, 5.74) is 1.51. The lowest BCUT2D eigenvalue weighted by atomic mass is 10.0. The van der Waals surface area contributed by atoms with Crippen molar-refractivity contribution in [2.24, 2.45) is 5.92 Å². The quantitative estimate of drug-likeness (QED) is 0.680. The molecule has 1 N–H and O–H groups in total. The van der Waals surface area contributed by atoms with Crippen LogP contribution in [0, 0.1) is 5.92 Å². The third-order valence-electron chi connectivity index (χ3n) is 4.25. The molecular formula is C20H22O5S. The lowest BCUT2D eigenvalue weighted by Gasteiger charge is -2.13. The third kappa shape index (κ3) is 5.52. The average molecular weight is 374 g/mol. The molecule has 26 heavy (non-hydrogen) atoms. The number of carbonyl (C=O) groups excluding carboxylic acids is 1. The van der Waals surface area contributed by atoms with E-state index in [0.717, 1.165) is 5.56 Å². The zero-order valence-electron chi connectivity index (χ0n) is 14.6. The molecule has 0 spiro atoms. The molecule has 0 bridgehead atoms. The summed E-state index contributed by atoms with van der Waals surface area (Å²) in [4.78, 5) is 22.8. The fourth-order valence-corrected chi connectivity index (χ4v) is 4.32. The SMILES string of the molecule is CC(=O)c1ccc(S(=O)(=O)CC(CCCc2ccccc2)C(=O)O)cc1. The highest BCUT2D eigenvalue weighted by atomic mass is 32.2. The van der Waals surface area contributed by atoms with Crippen molar-refractivity contribution in [3.63, 3.8) is 0 Å². The molecule has 5 nitrogen and oxygen atoms in total. The van der Waals surface area contributed by atoms with Crippen LogP contribution in [0.2, 0.25) is 0 Å². The number of Topliss-reactive ketones (excluding diaryl/α,β-unsaturated/α-hetero) is 1. The number of aliphatic carboxylic acids is 1. The van der Waals surface area contributed by atoms with E-state index >= 15 is 0 Å². The molecule has 0 saturated carbocycles. The molecule has 1 unspecified atom stereocenters. The van der Waals surface area contributed by atoms with Gasteiger partial charge >= 0.3 is 5.97 Å². The van der Waals surface area contributed by atoms with Crippen molar-refractivity contribution in [1.82, 2.24) is 0 Å². The van der Waals surface area contributed by atoms with Crippen molar-refractivity contribution in [2.75, 3.05) is 5.75 Å². The predicted molar refractivity (Wildman–Crippen MR) is 99.0 cm³/mol. The van der Waals surface area contributed by atoms with E-state index in [-0.39, 0.29) is 17.1 Å². The fraction of sp³-hybridized carbons (Fsp3) is 0.300. The smallest absolute Gasteiger partial charge is 0.307 e. The van der Waals surface area contributed by atoms with Gasteiger partial charge in [0, 0.05) is 5.56 Å². The second kappa shape index (κ2) is 8.76. The Morgan fingerprint density at radius 3 is 2.15 bits per heavy atom. The second-order valence-electron chi connectivity index (χ2n) is 6.27. The monoisotopic (exact) mass is 374 g/mol. The van der Waals surface area contributed by atoms with Gasteiger partial charge in [0.1, 0.15) is 0 Å². The van der Waals surface area contributed by atoms with Crippen molar-refractivity contribution >= 4 is 21.6 Å². The second-order valence-corrected chi connectivity index (χ2v) is 8.31. The first-order valence-electron chi connectivity index (χ1n) is 8.40. The van der Waals surface area contributed by atoms with Gasteiger partial charge in [-0.2, -0.15) is 0 Å². The van der Waals surface area contributed by atoms with Gasteiger partial charge in [-0.05, 0) is 43.9 Å². The largest absolute Gasteiger partial charge is 0.481 e. The van der Waals surface area contributed by atoms with Crippen LogP contribution in [0.5, 0.6) is 0 Å². The summed E-state index contributed by atoms with van der Waals surface area (Å²) < 4.78 is 25.0. The average Bonchev–Trinajstić information content (AvgIpc) is 2.61. The molecule has 0 aliphatic carbocycles. The number of aryl methyl sites for hydroxylation is 1. The molecule has 0 heterocycles. The summed E-state index contributed by atoms with van der Waals surface area (Å²) in [5.74, 6) is -2.67. The number of carboxylic acids is 1. The molecule has 0 radical (unpaired) electrons. The molecule has 2 rings (SSSR count). The third-order valence-corrected chi connectivity index (χ3v) is 6.08. The highest BCUT2D eigenvalue weighted by Gasteiger charge is 2.26. The Morgan fingerprint density at radius 2 is 1.62 bits per heavy atom. The molecule has 138 valence electrons. The minimum absolute atomic E-state index is 0.0387. The summed E-state index contributed by atoms with van der Waals surface area (Å²) in [6.45, 7) is 1.40. The summed E-state index contributed by atoms with van der Waals surface area (Å²) >= 11 is 0. The molecule has 1 atom stereocenters. The van der Waals surface area contributed by atoms with Crippen LogP contribution in [0.25, 0.3) is 0 Å². The molecule has 6 heteroatoms. The van der Waals surface area contributed by atoms with Gasteiger partial charge in [-0.3, -0.25) is 9.59 Å². The van der Waals surface area contributed by atoms with Gasteiger partial charge in [0.2, 0.25) is 0 Å². The van der Waals surface area contributed by atoms with Gasteiger partial charge < -0.3 is 5.11 Å². The number of hydrogen-bond donors (Lipinski definition) is 1. The van der Waals surface area contributed by atoms with Gasteiger partial charge in [0.05, 0.1) is 16.6 Å². The maximum atomic E-state index is 12.5. The first kappa shape index (κ1) is 19.8. The number of carboxylic acid groups (broad SMARTS) is 1. The van der Waals surface area contributed by atoms with Gasteiger partial charge in [0.15, 0.2) is 15.6 Å². The molecule has 0 aromatic heterocycles. The number of carbonyl (C=O) groups is 2. The lowest BCUT2D eigenvalue weighted by molar-refractivity contribution is -0.141. The van der Waals surface area contributed by atoms with Crippen molar-refractivity contribution < 1.29 is 23.1 Å². The van der Waals surface area contributed by atoms with Crippen LogP contribution in [0.4, 0.5) is 0 Å². The Morgan fingerprint density at radius 1 is 1.00 bits per heavy atom. The van der Waals surface area contributed by atoms with Crippen molar-refractivity contribution in [3.05, 3.63) is 65.7 Å². The molecule has 0 aliphatic heterocycles. The van der Waals surface area contributed by atoms with Gasteiger partial charge in [0.25, 0.3) is 0 Å². The van der Waals surface area contributed by atoms with E-state index in [2.05, 4.69) is 0 Å². The zero-order valence-corrected chi connectivity index (χ0v) is 15.4. The number of hydrogen-bond acceptors (Lipinski definition) is 4. The van der Waals surface area contributed by atoms with Crippen LogP contribution in [-0.2, 0) is 21.1 Å². The van der Waals surface area contributed by atoms with E-state index in [9.17, 15) is 23.1 Å². The van der Waals surface area contributed by atoms with E-state index in [1.165, 1.54) is 31.2 Å². The summed E-state index contributed by atoms with van der Waals surface area (Å²) in [7, 11) is -3.73. The summed E-state index contributed by atoms with van der Waals surface area (Å²) in [6.07, 6.45) is 1.59. The van der Waals surface area contributed by atoms with Crippen LogP contribution in [-0.4, -0.2) is 31.0 Å². The Kier molecular flexibility index (Phi) is 6.69. The Labute approximate surface area is 153 Å². The van der Waals surface area contributed by atoms with Crippen LogP contribution in [0.15, 0.2) is 59.5 Å². The van der Waals surface area contributed by atoms with Gasteiger partial charge in [-0.25, -0.2) is 8.42 Å². The standard InChI is InChI=1S/C20H22O5S/c1-15(21)17-10-12-19(13-11-17)26(24,25)14-18(20(22)23)9-5-8-16-6-3-2-4-7-16/h2-4,6-7,10-13,18H,5,8-9,14H2,1H3,(H,22,23). The van der Waals surface area contributed by atoms with Crippen LogP contribution in [0.3, 0.4) is 0 Å². The van der Waals surface area contributed by atoms with Crippen LogP contribution < -0.4 is 0 Å². The zero-order chi connectivity index (χ0) is 19.2. The van der Waals surface area contributed by atoms with Crippen molar-refractivity contribution in [2.45, 2.75) is 31.1 Å². The number of sulfone groups is 1. The molecule has 0 saturated heterocycles. The number of ketones is 1. The molecular weight excluding hydrogens is 352 g/mol. The van der Waals surface area contributed by atoms with E-state index in [1.807, 2.05) is 30.3 Å². The van der Waals surface area contributed by atoms with Crippen molar-refractivity contribution in [1.29, 1.82) is 0 Å². The first-order chi connectivity index (χ1) is 12.3. The maximum Gasteiger partial charge on any atom is 0.307 e. The maximum absolute atomic E-state index is 12.5. The summed E-state index contributed by atoms with van der Waals surface area (Å²) in [6, 6.07) is 15.3. The minimum Gasteiger partial charge on any atom is -0.481 e. The molecule has 0 amide bonds. The van der Waals surface area contributed by atoms with E-state index < -0.39 is 27.5 Å². The normalized spacial score (nSPS) is 12.5. The van der Waals surface area contributed by atoms with E-state index in [1.54, 1.807) is 0 Å². The Hall–Kier alpha value is -2.47. The molecule has 2 aromatic rings. The lowest BCUT2D eigenvalue weighted by Crippen LogP contribution is -2.24. The molecule has 0 fully saturated rings. The van der Waals surface area contributed by atoms with E-state index in [0.29, 0.717) is 18.4 Å². The topological polar surface area (TPSA) is 88.5 Å². The molecule has 2 aromatic carbocycles. The number of rotatable bonds is 9. The Balaban J connectivity index is 2.03. The summed E-state index contributed by atoms with van der Waals surface area (Å²) in [5, 5.41) is 9.39. The van der Waals surface area contributed by atoms with Crippen molar-refractivity contribution in [3.8, 4) is 0 Å². The highest BCUT2D eigenvalue weighted by Crippen LogP contribution is 2.19. The van der Waals surface area contributed by atoms with Gasteiger partial charge in [-0.1, -0.05) is 42.5 Å².